The van der Waals surface area contributed by atoms with Crippen LogP contribution in [0.2, 0.25) is 18.1 Å². The summed E-state index contributed by atoms with van der Waals surface area (Å²) >= 11 is 0. The highest BCUT2D eigenvalue weighted by molar-refractivity contribution is 6.58. The molecule has 1 heterocycles. The molecule has 1 radical (unpaired) electrons. The minimum atomic E-state index is -0.817. The van der Waals surface area contributed by atoms with Gasteiger partial charge >= 0.3 is 0 Å². The summed E-state index contributed by atoms with van der Waals surface area (Å²) in [6.45, 7) is 4.47. The van der Waals surface area contributed by atoms with Crippen LogP contribution in [0.4, 0.5) is 8.78 Å². The SMILES string of the molecule is CCC[Si]1CCC(CCCCC2CCC(c3ccc(OCC)c(F)c3F)CC2)CC1. The lowest BCUT2D eigenvalue weighted by Gasteiger charge is -2.30. The molecule has 2 fully saturated rings. The average Bonchev–Trinajstić information content (AvgIpc) is 2.77. The molecule has 1 saturated heterocycles. The standard InChI is InChI=1S/C26H41F2OSi/c1-3-17-30-18-15-21(16-19-30)8-6-5-7-20-9-11-22(12-10-20)23-13-14-24(29-4-2)26(28)25(23)27/h13-14,20-22H,3-12,15-19H2,1-2H3. The van der Waals surface area contributed by atoms with Crippen LogP contribution in [-0.2, 0) is 0 Å². The zero-order chi connectivity index (χ0) is 21.3. The summed E-state index contributed by atoms with van der Waals surface area (Å²) in [6, 6.07) is 8.01. The Labute approximate surface area is 184 Å². The first kappa shape index (κ1) is 23.8. The molecule has 1 saturated carbocycles. The van der Waals surface area contributed by atoms with Crippen molar-refractivity contribution in [3.8, 4) is 5.75 Å². The molecule has 1 aromatic rings. The largest absolute Gasteiger partial charge is 0.491 e. The first-order valence-corrected chi connectivity index (χ1v) is 14.7. The summed E-state index contributed by atoms with van der Waals surface area (Å²) in [5, 5.41) is 0. The maximum absolute atomic E-state index is 14.5. The van der Waals surface area contributed by atoms with Crippen LogP contribution in [0, 0.1) is 23.5 Å². The van der Waals surface area contributed by atoms with E-state index in [4.69, 9.17) is 4.74 Å². The van der Waals surface area contributed by atoms with E-state index in [1.165, 1.54) is 51.0 Å². The molecular formula is C26H41F2OSi. The Kier molecular flexibility index (Phi) is 9.67. The van der Waals surface area contributed by atoms with Gasteiger partial charge in [0.05, 0.1) is 6.61 Å². The van der Waals surface area contributed by atoms with Crippen molar-refractivity contribution in [3.63, 3.8) is 0 Å². The van der Waals surface area contributed by atoms with Gasteiger partial charge in [-0.3, -0.25) is 0 Å². The Balaban J connectivity index is 1.34. The molecule has 169 valence electrons. The van der Waals surface area contributed by atoms with E-state index in [1.54, 1.807) is 31.1 Å². The molecule has 0 aromatic heterocycles. The number of ether oxygens (including phenoxy) is 1. The molecule has 4 heteroatoms. The second kappa shape index (κ2) is 12.2. The van der Waals surface area contributed by atoms with Gasteiger partial charge in [0.1, 0.15) is 0 Å². The fourth-order valence-corrected chi connectivity index (χ4v) is 8.83. The van der Waals surface area contributed by atoms with Crippen molar-refractivity contribution in [2.75, 3.05) is 6.61 Å². The van der Waals surface area contributed by atoms with Crippen LogP contribution >= 0.6 is 0 Å². The Morgan fingerprint density at radius 2 is 1.50 bits per heavy atom. The first-order valence-electron chi connectivity index (χ1n) is 12.6. The molecule has 0 spiro atoms. The van der Waals surface area contributed by atoms with Gasteiger partial charge < -0.3 is 4.74 Å². The summed E-state index contributed by atoms with van der Waals surface area (Å²) in [7, 11) is 0.0257. The average molecular weight is 436 g/mol. The van der Waals surface area contributed by atoms with Gasteiger partial charge in [-0.2, -0.15) is 4.39 Å². The molecule has 0 amide bonds. The molecular weight excluding hydrogens is 394 g/mol. The lowest BCUT2D eigenvalue weighted by Crippen LogP contribution is -2.21. The third kappa shape index (κ3) is 6.55. The molecule has 0 unspecified atom stereocenters. The minimum absolute atomic E-state index is 0.0257. The van der Waals surface area contributed by atoms with E-state index in [1.807, 2.05) is 0 Å². The first-order chi connectivity index (χ1) is 14.6. The third-order valence-corrected chi connectivity index (χ3v) is 10.8. The fourth-order valence-electron chi connectivity index (χ4n) is 5.74. The Morgan fingerprint density at radius 3 is 2.10 bits per heavy atom. The molecule has 0 bridgehead atoms. The predicted octanol–water partition coefficient (Wildman–Crippen LogP) is 8.51. The van der Waals surface area contributed by atoms with Crippen molar-refractivity contribution >= 4 is 8.80 Å². The maximum atomic E-state index is 14.5. The van der Waals surface area contributed by atoms with Gasteiger partial charge in [-0.25, -0.2) is 4.39 Å². The Bertz CT molecular complexity index is 634. The smallest absolute Gasteiger partial charge is 0.200 e. The zero-order valence-corrected chi connectivity index (χ0v) is 20.2. The summed E-state index contributed by atoms with van der Waals surface area (Å²) in [4.78, 5) is 0. The van der Waals surface area contributed by atoms with Crippen LogP contribution < -0.4 is 4.74 Å². The lowest BCUT2D eigenvalue weighted by atomic mass is 9.76. The van der Waals surface area contributed by atoms with Gasteiger partial charge in [0.15, 0.2) is 11.6 Å². The highest BCUT2D eigenvalue weighted by Gasteiger charge is 2.27. The number of hydrogen-bond acceptors (Lipinski definition) is 1. The van der Waals surface area contributed by atoms with E-state index in [9.17, 15) is 8.78 Å². The van der Waals surface area contributed by atoms with Gasteiger partial charge in [0.2, 0.25) is 5.82 Å². The summed E-state index contributed by atoms with van der Waals surface area (Å²) in [5.74, 6) is 0.467. The summed E-state index contributed by atoms with van der Waals surface area (Å²) in [6.07, 6.45) is 14.2. The van der Waals surface area contributed by atoms with Gasteiger partial charge in [-0.1, -0.05) is 76.1 Å². The van der Waals surface area contributed by atoms with E-state index in [2.05, 4.69) is 6.92 Å². The quantitative estimate of drug-likeness (QED) is 0.264. The van der Waals surface area contributed by atoms with E-state index in [0.717, 1.165) is 37.5 Å². The van der Waals surface area contributed by atoms with Crippen molar-refractivity contribution in [1.82, 2.24) is 0 Å². The molecule has 0 atom stereocenters. The summed E-state index contributed by atoms with van der Waals surface area (Å²) in [5.41, 5.74) is 0.552. The second-order valence-electron chi connectivity index (χ2n) is 9.66. The van der Waals surface area contributed by atoms with Gasteiger partial charge in [0.25, 0.3) is 0 Å². The van der Waals surface area contributed by atoms with Crippen LogP contribution in [0.15, 0.2) is 12.1 Å². The number of rotatable bonds is 10. The van der Waals surface area contributed by atoms with Crippen molar-refractivity contribution in [1.29, 1.82) is 0 Å². The lowest BCUT2D eigenvalue weighted by molar-refractivity contribution is 0.288. The predicted molar refractivity (Wildman–Crippen MR) is 124 cm³/mol. The fraction of sp³-hybridized carbons (Fsp3) is 0.769. The van der Waals surface area contributed by atoms with E-state index < -0.39 is 11.6 Å². The van der Waals surface area contributed by atoms with Crippen LogP contribution in [0.5, 0.6) is 5.75 Å². The molecule has 2 aliphatic rings. The van der Waals surface area contributed by atoms with Crippen LogP contribution in [0.1, 0.15) is 96.0 Å². The molecule has 3 rings (SSSR count). The Morgan fingerprint density at radius 1 is 0.867 bits per heavy atom. The van der Waals surface area contributed by atoms with Gasteiger partial charge in [0, 0.05) is 8.80 Å². The van der Waals surface area contributed by atoms with E-state index in [0.29, 0.717) is 12.2 Å². The number of hydrogen-bond donors (Lipinski definition) is 0. The van der Waals surface area contributed by atoms with Crippen LogP contribution in [0.3, 0.4) is 0 Å². The van der Waals surface area contributed by atoms with Crippen LogP contribution in [-0.4, -0.2) is 15.4 Å². The zero-order valence-electron chi connectivity index (χ0n) is 19.2. The Hall–Kier alpha value is -0.903. The normalized spacial score (nSPS) is 23.6. The number of halogens is 2. The molecule has 1 aliphatic heterocycles. The van der Waals surface area contributed by atoms with Crippen molar-refractivity contribution in [3.05, 3.63) is 29.3 Å². The molecule has 30 heavy (non-hydrogen) atoms. The molecule has 1 nitrogen and oxygen atoms in total. The van der Waals surface area contributed by atoms with E-state index in [-0.39, 0.29) is 20.5 Å². The molecule has 0 N–H and O–H groups in total. The van der Waals surface area contributed by atoms with Crippen molar-refractivity contribution in [2.45, 2.75) is 109 Å². The number of benzene rings is 1. The topological polar surface area (TPSA) is 9.23 Å². The van der Waals surface area contributed by atoms with Gasteiger partial charge in [-0.15, -0.1) is 0 Å². The molecule has 1 aliphatic carbocycles. The third-order valence-electron chi connectivity index (χ3n) is 7.55. The number of unbranched alkanes of at least 4 members (excludes halogenated alkanes) is 1. The maximum Gasteiger partial charge on any atom is 0.200 e. The van der Waals surface area contributed by atoms with Crippen molar-refractivity contribution in [2.24, 2.45) is 11.8 Å². The highest BCUT2D eigenvalue weighted by atomic mass is 28.3. The van der Waals surface area contributed by atoms with Gasteiger partial charge in [-0.05, 0) is 62.0 Å². The molecule has 1 aromatic carbocycles. The summed E-state index contributed by atoms with van der Waals surface area (Å²) < 4.78 is 33.9. The monoisotopic (exact) mass is 435 g/mol. The minimum Gasteiger partial charge on any atom is -0.491 e. The highest BCUT2D eigenvalue weighted by Crippen LogP contribution is 2.40. The second-order valence-corrected chi connectivity index (χ2v) is 12.7. The van der Waals surface area contributed by atoms with Crippen molar-refractivity contribution < 1.29 is 13.5 Å². The van der Waals surface area contributed by atoms with E-state index >= 15 is 0 Å². The van der Waals surface area contributed by atoms with Crippen LogP contribution in [0.25, 0.3) is 0 Å².